The van der Waals surface area contributed by atoms with Crippen LogP contribution >= 0.6 is 23.2 Å². The summed E-state index contributed by atoms with van der Waals surface area (Å²) >= 11 is 11.8. The Balaban J connectivity index is 1.73. The topological polar surface area (TPSA) is 50.4 Å². The number of alkyl halides is 3. The Morgan fingerprint density at radius 1 is 0.963 bits per heavy atom. The van der Waals surface area contributed by atoms with Crippen LogP contribution in [0.2, 0.25) is 10.0 Å². The van der Waals surface area contributed by atoms with Gasteiger partial charge in [0.05, 0.1) is 6.61 Å². The molecule has 2 N–H and O–H groups in total. The van der Waals surface area contributed by atoms with Gasteiger partial charge in [0.1, 0.15) is 6.61 Å². The number of halogens is 5. The lowest BCUT2D eigenvalue weighted by Gasteiger charge is -2.10. The van der Waals surface area contributed by atoms with Crippen LogP contribution in [0, 0.1) is 0 Å². The number of amides is 2. The molecule has 146 valence electrons. The highest BCUT2D eigenvalue weighted by Crippen LogP contribution is 2.20. The smallest absolute Gasteiger partial charge is 0.367 e. The second-order valence-electron chi connectivity index (χ2n) is 5.70. The summed E-state index contributed by atoms with van der Waals surface area (Å²) in [4.78, 5) is 11.9. The van der Waals surface area contributed by atoms with Crippen molar-refractivity contribution in [2.45, 2.75) is 25.9 Å². The van der Waals surface area contributed by atoms with Crippen LogP contribution in [0.4, 0.5) is 18.0 Å². The van der Waals surface area contributed by atoms with Crippen molar-refractivity contribution in [3.05, 3.63) is 69.2 Å². The Labute approximate surface area is 164 Å². The normalized spacial score (nSPS) is 11.3. The Bertz CT molecular complexity index is 768. The molecule has 0 saturated carbocycles. The van der Waals surface area contributed by atoms with Crippen molar-refractivity contribution >= 4 is 29.2 Å². The Kier molecular flexibility index (Phi) is 7.77. The van der Waals surface area contributed by atoms with Gasteiger partial charge in [-0.05, 0) is 28.8 Å². The van der Waals surface area contributed by atoms with E-state index in [9.17, 15) is 18.0 Å². The summed E-state index contributed by atoms with van der Waals surface area (Å²) in [6, 6.07) is 11.4. The van der Waals surface area contributed by atoms with Crippen LogP contribution in [0.3, 0.4) is 0 Å². The van der Waals surface area contributed by atoms with Gasteiger partial charge >= 0.3 is 12.2 Å². The molecule has 0 atom stereocenters. The molecular weight excluding hydrogens is 404 g/mol. The van der Waals surface area contributed by atoms with Crippen molar-refractivity contribution in [1.82, 2.24) is 10.6 Å². The van der Waals surface area contributed by atoms with Gasteiger partial charge in [-0.2, -0.15) is 13.2 Å². The minimum absolute atomic E-state index is 0.129. The second kappa shape index (κ2) is 9.82. The molecule has 0 saturated heterocycles. The number of carbonyl (C=O) groups excluding carboxylic acids is 1. The molecule has 2 amide bonds. The SMILES string of the molecule is O=C(NCc1ccc(COCC(F)(F)F)cc1)NCc1ccc(Cl)cc1Cl. The summed E-state index contributed by atoms with van der Waals surface area (Å²) in [6.45, 7) is -0.898. The quantitative estimate of drug-likeness (QED) is 0.656. The van der Waals surface area contributed by atoms with E-state index in [1.165, 1.54) is 0 Å². The van der Waals surface area contributed by atoms with Crippen LogP contribution in [-0.4, -0.2) is 18.8 Å². The average Bonchev–Trinajstić information content (AvgIpc) is 2.59. The van der Waals surface area contributed by atoms with E-state index in [4.69, 9.17) is 23.2 Å². The van der Waals surface area contributed by atoms with E-state index in [-0.39, 0.29) is 25.7 Å². The average molecular weight is 421 g/mol. The lowest BCUT2D eigenvalue weighted by molar-refractivity contribution is -0.176. The molecule has 2 aromatic carbocycles. The molecule has 0 aliphatic heterocycles. The van der Waals surface area contributed by atoms with Crippen LogP contribution in [0.5, 0.6) is 0 Å². The number of hydrogen-bond acceptors (Lipinski definition) is 2. The van der Waals surface area contributed by atoms with Crippen LogP contribution in [-0.2, 0) is 24.4 Å². The first-order valence-corrected chi connectivity index (χ1v) is 8.66. The van der Waals surface area contributed by atoms with Crippen LogP contribution < -0.4 is 10.6 Å². The van der Waals surface area contributed by atoms with Crippen molar-refractivity contribution in [2.24, 2.45) is 0 Å². The van der Waals surface area contributed by atoms with Gasteiger partial charge in [0.2, 0.25) is 0 Å². The third-order valence-electron chi connectivity index (χ3n) is 3.47. The van der Waals surface area contributed by atoms with E-state index in [1.807, 2.05) is 0 Å². The maximum absolute atomic E-state index is 12.0. The van der Waals surface area contributed by atoms with Crippen molar-refractivity contribution in [1.29, 1.82) is 0 Å². The van der Waals surface area contributed by atoms with Crippen LogP contribution in [0.25, 0.3) is 0 Å². The molecule has 0 aliphatic rings. The van der Waals surface area contributed by atoms with Gasteiger partial charge in [-0.3, -0.25) is 0 Å². The summed E-state index contributed by atoms with van der Waals surface area (Å²) in [6.07, 6.45) is -4.34. The molecule has 27 heavy (non-hydrogen) atoms. The van der Waals surface area contributed by atoms with Gasteiger partial charge in [-0.15, -0.1) is 0 Å². The van der Waals surface area contributed by atoms with Gasteiger partial charge < -0.3 is 15.4 Å². The van der Waals surface area contributed by atoms with Gasteiger partial charge in [-0.1, -0.05) is 53.5 Å². The zero-order valence-electron chi connectivity index (χ0n) is 14.1. The molecule has 0 unspecified atom stereocenters. The first kappa shape index (κ1) is 21.3. The summed E-state index contributed by atoms with van der Waals surface area (Å²) in [7, 11) is 0. The molecule has 0 bridgehead atoms. The first-order valence-electron chi connectivity index (χ1n) is 7.91. The standard InChI is InChI=1S/C18H17Cl2F3N2O2/c19-15-6-5-14(16(20)7-15)9-25-17(26)24-8-12-1-3-13(4-2-12)10-27-11-18(21,22)23/h1-7H,8-11H2,(H2,24,25,26). The predicted octanol–water partition coefficient (Wildman–Crippen LogP) is 5.07. The van der Waals surface area contributed by atoms with Crippen molar-refractivity contribution in [3.8, 4) is 0 Å². The van der Waals surface area contributed by atoms with Crippen molar-refractivity contribution in [3.63, 3.8) is 0 Å². The van der Waals surface area contributed by atoms with E-state index >= 15 is 0 Å². The molecule has 0 fully saturated rings. The Morgan fingerprint density at radius 3 is 2.22 bits per heavy atom. The maximum atomic E-state index is 12.0. The fourth-order valence-corrected chi connectivity index (χ4v) is 2.60. The minimum atomic E-state index is -4.34. The van der Waals surface area contributed by atoms with E-state index < -0.39 is 12.8 Å². The third kappa shape index (κ3) is 8.07. The largest absolute Gasteiger partial charge is 0.411 e. The van der Waals surface area contributed by atoms with E-state index in [2.05, 4.69) is 15.4 Å². The third-order valence-corrected chi connectivity index (χ3v) is 4.05. The molecule has 9 heteroatoms. The lowest BCUT2D eigenvalue weighted by Crippen LogP contribution is -2.34. The van der Waals surface area contributed by atoms with Gasteiger partial charge in [-0.25, -0.2) is 4.79 Å². The van der Waals surface area contributed by atoms with E-state index in [0.717, 1.165) is 11.1 Å². The molecule has 4 nitrogen and oxygen atoms in total. The zero-order chi connectivity index (χ0) is 19.9. The fourth-order valence-electron chi connectivity index (χ4n) is 2.12. The highest BCUT2D eigenvalue weighted by atomic mass is 35.5. The van der Waals surface area contributed by atoms with Gasteiger partial charge in [0.25, 0.3) is 0 Å². The van der Waals surface area contributed by atoms with Crippen LogP contribution in [0.15, 0.2) is 42.5 Å². The molecular formula is C18H17Cl2F3N2O2. The van der Waals surface area contributed by atoms with Crippen LogP contribution in [0.1, 0.15) is 16.7 Å². The number of hydrogen-bond donors (Lipinski definition) is 2. The minimum Gasteiger partial charge on any atom is -0.367 e. The van der Waals surface area contributed by atoms with E-state index in [1.54, 1.807) is 42.5 Å². The molecule has 0 aromatic heterocycles. The second-order valence-corrected chi connectivity index (χ2v) is 6.54. The number of rotatable bonds is 7. The Hall–Kier alpha value is -1.96. The molecule has 0 radical (unpaired) electrons. The highest BCUT2D eigenvalue weighted by Gasteiger charge is 2.27. The number of nitrogens with one attached hydrogen (secondary N) is 2. The maximum Gasteiger partial charge on any atom is 0.411 e. The predicted molar refractivity (Wildman–Crippen MR) is 97.7 cm³/mol. The van der Waals surface area contributed by atoms with E-state index in [0.29, 0.717) is 15.6 Å². The lowest BCUT2D eigenvalue weighted by atomic mass is 10.1. The number of urea groups is 1. The molecule has 0 aliphatic carbocycles. The van der Waals surface area contributed by atoms with Crippen molar-refractivity contribution < 1.29 is 22.7 Å². The monoisotopic (exact) mass is 420 g/mol. The Morgan fingerprint density at radius 2 is 1.59 bits per heavy atom. The molecule has 0 heterocycles. The fraction of sp³-hybridized carbons (Fsp3) is 0.278. The summed E-state index contributed by atoms with van der Waals surface area (Å²) < 4.78 is 40.7. The molecule has 0 spiro atoms. The molecule has 2 rings (SSSR count). The summed E-state index contributed by atoms with van der Waals surface area (Å²) in [5.74, 6) is 0. The first-order chi connectivity index (χ1) is 12.7. The zero-order valence-corrected chi connectivity index (χ0v) is 15.6. The van der Waals surface area contributed by atoms with Gasteiger partial charge in [0, 0.05) is 23.1 Å². The number of benzene rings is 2. The summed E-state index contributed by atoms with van der Waals surface area (Å²) in [5.41, 5.74) is 2.15. The summed E-state index contributed by atoms with van der Waals surface area (Å²) in [5, 5.41) is 6.34. The number of carbonyl (C=O) groups is 1. The van der Waals surface area contributed by atoms with Gasteiger partial charge in [0.15, 0.2) is 0 Å². The van der Waals surface area contributed by atoms with Crippen molar-refractivity contribution in [2.75, 3.05) is 6.61 Å². The number of ether oxygens (including phenoxy) is 1. The highest BCUT2D eigenvalue weighted by molar-refractivity contribution is 6.35. The molecule has 2 aromatic rings.